The molecular formula is C14H19NO2. The van der Waals surface area contributed by atoms with E-state index in [1.54, 1.807) is 7.11 Å². The van der Waals surface area contributed by atoms with Gasteiger partial charge in [0, 0.05) is 6.54 Å². The summed E-state index contributed by atoms with van der Waals surface area (Å²) >= 11 is 0. The number of hydrogen-bond acceptors (Lipinski definition) is 2. The zero-order valence-electron chi connectivity index (χ0n) is 10.5. The van der Waals surface area contributed by atoms with E-state index in [4.69, 9.17) is 4.74 Å². The quantitative estimate of drug-likeness (QED) is 0.792. The lowest BCUT2D eigenvalue weighted by Crippen LogP contribution is -2.62. The van der Waals surface area contributed by atoms with E-state index in [2.05, 4.69) is 12.2 Å². The highest BCUT2D eigenvalue weighted by Crippen LogP contribution is 2.36. The average molecular weight is 233 g/mol. The number of ether oxygens (including phenoxy) is 1. The molecule has 17 heavy (non-hydrogen) atoms. The first-order valence-electron chi connectivity index (χ1n) is 6.16. The lowest BCUT2D eigenvalue weighted by atomic mass is 9.71. The molecule has 2 rings (SSSR count). The topological polar surface area (TPSA) is 38.3 Å². The number of carbonyl (C=O) groups excluding carboxylic acids is 1. The summed E-state index contributed by atoms with van der Waals surface area (Å²) in [6.45, 7) is 2.90. The fourth-order valence-corrected chi connectivity index (χ4v) is 2.35. The summed E-state index contributed by atoms with van der Waals surface area (Å²) in [7, 11) is 1.65. The van der Waals surface area contributed by atoms with Gasteiger partial charge >= 0.3 is 0 Å². The predicted octanol–water partition coefficient (Wildman–Crippen LogP) is 2.25. The van der Waals surface area contributed by atoms with Gasteiger partial charge in [-0.05, 0) is 24.1 Å². The Labute approximate surface area is 102 Å². The highest BCUT2D eigenvalue weighted by atomic mass is 16.5. The van der Waals surface area contributed by atoms with E-state index in [-0.39, 0.29) is 11.3 Å². The Morgan fingerprint density at radius 2 is 2.29 bits per heavy atom. The van der Waals surface area contributed by atoms with Gasteiger partial charge < -0.3 is 10.1 Å². The average Bonchev–Trinajstić information content (AvgIpc) is 2.38. The number of rotatable bonds is 5. The van der Waals surface area contributed by atoms with Crippen LogP contribution in [0.4, 0.5) is 0 Å². The molecule has 1 fully saturated rings. The van der Waals surface area contributed by atoms with Crippen molar-refractivity contribution in [1.29, 1.82) is 0 Å². The van der Waals surface area contributed by atoms with Gasteiger partial charge in [-0.1, -0.05) is 31.9 Å². The van der Waals surface area contributed by atoms with Gasteiger partial charge in [0.1, 0.15) is 5.75 Å². The van der Waals surface area contributed by atoms with Crippen LogP contribution in [-0.2, 0) is 10.2 Å². The first-order valence-corrected chi connectivity index (χ1v) is 6.16. The van der Waals surface area contributed by atoms with Crippen LogP contribution in [0.5, 0.6) is 5.75 Å². The lowest BCUT2D eigenvalue weighted by Gasteiger charge is -2.41. The van der Waals surface area contributed by atoms with Crippen molar-refractivity contribution >= 4 is 5.91 Å². The fraction of sp³-hybridized carbons (Fsp3) is 0.500. The molecule has 1 aromatic rings. The zero-order valence-corrected chi connectivity index (χ0v) is 10.5. The normalized spacial score (nSPS) is 22.8. The number of carbonyl (C=O) groups is 1. The SMILES string of the molecule is CCCC[C@@]1(c2cccc(OC)c2)CNC1=O. The number of amides is 1. The fourth-order valence-electron chi connectivity index (χ4n) is 2.35. The number of β-lactam (4-membered cyclic amide) rings is 1. The summed E-state index contributed by atoms with van der Waals surface area (Å²) in [5.74, 6) is 0.970. The second kappa shape index (κ2) is 4.78. The smallest absolute Gasteiger partial charge is 0.232 e. The Bertz CT molecular complexity index is 416. The van der Waals surface area contributed by atoms with Gasteiger partial charge in [0.05, 0.1) is 12.5 Å². The van der Waals surface area contributed by atoms with Crippen LogP contribution in [0.25, 0.3) is 0 Å². The molecule has 1 amide bonds. The van der Waals surface area contributed by atoms with Gasteiger partial charge in [-0.3, -0.25) is 4.79 Å². The van der Waals surface area contributed by atoms with E-state index in [9.17, 15) is 4.79 Å². The van der Waals surface area contributed by atoms with E-state index < -0.39 is 0 Å². The number of benzene rings is 1. The molecule has 1 N–H and O–H groups in total. The molecule has 0 unspecified atom stereocenters. The zero-order chi connectivity index (χ0) is 12.3. The summed E-state index contributed by atoms with van der Waals surface area (Å²) in [5, 5.41) is 2.86. The van der Waals surface area contributed by atoms with E-state index in [0.29, 0.717) is 0 Å². The van der Waals surface area contributed by atoms with Crippen LogP contribution in [0, 0.1) is 0 Å². The van der Waals surface area contributed by atoms with Crippen LogP contribution in [0.1, 0.15) is 31.7 Å². The van der Waals surface area contributed by atoms with Crippen molar-refractivity contribution in [3.63, 3.8) is 0 Å². The van der Waals surface area contributed by atoms with Crippen LogP contribution >= 0.6 is 0 Å². The molecule has 1 heterocycles. The van der Waals surface area contributed by atoms with Gasteiger partial charge in [0.25, 0.3) is 0 Å². The standard InChI is InChI=1S/C14H19NO2/c1-3-4-8-14(10-15-13(14)16)11-6-5-7-12(9-11)17-2/h5-7,9H,3-4,8,10H2,1-2H3,(H,15,16)/t14-/m0/s1. The summed E-state index contributed by atoms with van der Waals surface area (Å²) in [6, 6.07) is 7.87. The highest BCUT2D eigenvalue weighted by molar-refractivity contribution is 5.94. The first-order chi connectivity index (χ1) is 8.23. The van der Waals surface area contributed by atoms with E-state index in [1.807, 2.05) is 24.3 Å². The molecule has 0 radical (unpaired) electrons. The Balaban J connectivity index is 2.29. The summed E-state index contributed by atoms with van der Waals surface area (Å²) in [5.41, 5.74) is 0.763. The molecule has 0 aromatic heterocycles. The second-order valence-corrected chi connectivity index (χ2v) is 4.60. The molecule has 0 spiro atoms. The molecule has 92 valence electrons. The molecule has 1 aliphatic heterocycles. The van der Waals surface area contributed by atoms with Crippen LogP contribution in [0.2, 0.25) is 0 Å². The van der Waals surface area contributed by atoms with Crippen molar-refractivity contribution < 1.29 is 9.53 Å². The molecule has 1 aromatic carbocycles. The van der Waals surface area contributed by atoms with E-state index >= 15 is 0 Å². The number of methoxy groups -OCH3 is 1. The molecule has 0 bridgehead atoms. The first kappa shape index (κ1) is 12.0. The minimum atomic E-state index is -0.315. The van der Waals surface area contributed by atoms with Gasteiger partial charge in [0.2, 0.25) is 5.91 Å². The van der Waals surface area contributed by atoms with Crippen molar-refractivity contribution in [3.8, 4) is 5.75 Å². The largest absolute Gasteiger partial charge is 0.497 e. The summed E-state index contributed by atoms with van der Waals surface area (Å²) < 4.78 is 5.23. The molecule has 1 atom stereocenters. The van der Waals surface area contributed by atoms with Gasteiger partial charge in [0.15, 0.2) is 0 Å². The van der Waals surface area contributed by atoms with E-state index in [0.717, 1.165) is 37.1 Å². The molecule has 1 aliphatic rings. The van der Waals surface area contributed by atoms with Gasteiger partial charge in [-0.15, -0.1) is 0 Å². The number of nitrogens with one attached hydrogen (secondary N) is 1. The molecule has 3 nitrogen and oxygen atoms in total. The molecule has 0 saturated carbocycles. The molecule has 1 saturated heterocycles. The number of unbranched alkanes of at least 4 members (excludes halogenated alkanes) is 1. The maximum atomic E-state index is 11.9. The third kappa shape index (κ3) is 2.02. The predicted molar refractivity (Wildman–Crippen MR) is 67.2 cm³/mol. The second-order valence-electron chi connectivity index (χ2n) is 4.60. The third-order valence-electron chi connectivity index (χ3n) is 3.56. The monoisotopic (exact) mass is 233 g/mol. The Kier molecular flexibility index (Phi) is 3.36. The van der Waals surface area contributed by atoms with Crippen molar-refractivity contribution in [3.05, 3.63) is 29.8 Å². The Morgan fingerprint density at radius 1 is 1.47 bits per heavy atom. The summed E-state index contributed by atoms with van der Waals surface area (Å²) in [4.78, 5) is 11.9. The maximum Gasteiger partial charge on any atom is 0.232 e. The van der Waals surface area contributed by atoms with Crippen LogP contribution < -0.4 is 10.1 Å². The maximum absolute atomic E-state index is 11.9. The Morgan fingerprint density at radius 3 is 2.82 bits per heavy atom. The molecule has 0 aliphatic carbocycles. The van der Waals surface area contributed by atoms with Gasteiger partial charge in [-0.25, -0.2) is 0 Å². The van der Waals surface area contributed by atoms with Crippen molar-refractivity contribution in [2.24, 2.45) is 0 Å². The minimum Gasteiger partial charge on any atom is -0.497 e. The van der Waals surface area contributed by atoms with Crippen molar-refractivity contribution in [1.82, 2.24) is 5.32 Å². The summed E-state index contributed by atoms with van der Waals surface area (Å²) in [6.07, 6.45) is 3.10. The molecule has 3 heteroatoms. The molecular weight excluding hydrogens is 214 g/mol. The number of hydrogen-bond donors (Lipinski definition) is 1. The van der Waals surface area contributed by atoms with Gasteiger partial charge in [-0.2, -0.15) is 0 Å². The third-order valence-corrected chi connectivity index (χ3v) is 3.56. The lowest BCUT2D eigenvalue weighted by molar-refractivity contribution is -0.134. The van der Waals surface area contributed by atoms with Crippen molar-refractivity contribution in [2.45, 2.75) is 31.6 Å². The van der Waals surface area contributed by atoms with Crippen LogP contribution in [-0.4, -0.2) is 19.6 Å². The Hall–Kier alpha value is -1.51. The van der Waals surface area contributed by atoms with Crippen molar-refractivity contribution in [2.75, 3.05) is 13.7 Å². The highest BCUT2D eigenvalue weighted by Gasteiger charge is 2.47. The van der Waals surface area contributed by atoms with Crippen LogP contribution in [0.3, 0.4) is 0 Å². The van der Waals surface area contributed by atoms with Crippen LogP contribution in [0.15, 0.2) is 24.3 Å². The van der Waals surface area contributed by atoms with E-state index in [1.165, 1.54) is 0 Å². The minimum absolute atomic E-state index is 0.152.